The van der Waals surface area contributed by atoms with E-state index in [-0.39, 0.29) is 0 Å². The molecule has 92 valence electrons. The van der Waals surface area contributed by atoms with Gasteiger partial charge in [0.2, 0.25) is 11.8 Å². The van der Waals surface area contributed by atoms with Gasteiger partial charge >= 0.3 is 0 Å². The van der Waals surface area contributed by atoms with Crippen LogP contribution in [0.4, 0.5) is 0 Å². The molecule has 0 spiro atoms. The molecule has 2 amide bonds. The van der Waals surface area contributed by atoms with Crippen LogP contribution in [0.5, 0.6) is 0 Å². The lowest BCUT2D eigenvalue weighted by Crippen LogP contribution is -2.43. The summed E-state index contributed by atoms with van der Waals surface area (Å²) in [6, 6.07) is 9.40. The van der Waals surface area contributed by atoms with Gasteiger partial charge in [0.15, 0.2) is 0 Å². The molecule has 0 N–H and O–H groups in total. The third-order valence-electron chi connectivity index (χ3n) is 2.35. The molecular formula is C12H12N4O2. The van der Waals surface area contributed by atoms with Gasteiger partial charge in [-0.15, -0.1) is 9.89 Å². The zero-order valence-corrected chi connectivity index (χ0v) is 10.1. The molecule has 1 aromatic heterocycles. The molecule has 1 aromatic carbocycles. The van der Waals surface area contributed by atoms with Gasteiger partial charge < -0.3 is 0 Å². The molecule has 0 fully saturated rings. The molecule has 0 radical (unpaired) electrons. The minimum atomic E-state index is -0.410. The van der Waals surface area contributed by atoms with Crippen molar-refractivity contribution in [3.05, 3.63) is 36.5 Å². The van der Waals surface area contributed by atoms with E-state index in [4.69, 9.17) is 0 Å². The van der Waals surface area contributed by atoms with Crippen molar-refractivity contribution >= 4 is 11.8 Å². The van der Waals surface area contributed by atoms with Crippen molar-refractivity contribution in [1.29, 1.82) is 0 Å². The van der Waals surface area contributed by atoms with Crippen molar-refractivity contribution in [3.63, 3.8) is 0 Å². The SMILES string of the molecule is CC(=O)N(C(C)=O)n1cc(-c2ccccc2)nn1. The summed E-state index contributed by atoms with van der Waals surface area (Å²) < 4.78 is 0. The number of carbonyl (C=O) groups is 2. The van der Waals surface area contributed by atoms with E-state index in [1.807, 2.05) is 30.3 Å². The molecule has 0 aliphatic rings. The first-order valence-electron chi connectivity index (χ1n) is 5.39. The number of benzene rings is 1. The average Bonchev–Trinajstić information content (AvgIpc) is 2.78. The van der Waals surface area contributed by atoms with Gasteiger partial charge in [0, 0.05) is 19.4 Å². The summed E-state index contributed by atoms with van der Waals surface area (Å²) in [5.74, 6) is -0.820. The van der Waals surface area contributed by atoms with Crippen LogP contribution in [0.25, 0.3) is 11.3 Å². The largest absolute Gasteiger partial charge is 0.273 e. The molecule has 6 nitrogen and oxygen atoms in total. The molecule has 0 atom stereocenters. The van der Waals surface area contributed by atoms with Gasteiger partial charge in [-0.3, -0.25) is 9.59 Å². The number of amides is 2. The number of hydrogen-bond donors (Lipinski definition) is 0. The van der Waals surface area contributed by atoms with Gasteiger partial charge in [0.1, 0.15) is 5.69 Å². The Balaban J connectivity index is 2.36. The summed E-state index contributed by atoms with van der Waals surface area (Å²) in [5.41, 5.74) is 1.47. The highest BCUT2D eigenvalue weighted by Crippen LogP contribution is 2.14. The minimum absolute atomic E-state index is 0.410. The number of nitrogens with zero attached hydrogens (tertiary/aromatic N) is 4. The second kappa shape index (κ2) is 4.79. The maximum Gasteiger partial charge on any atom is 0.246 e. The van der Waals surface area contributed by atoms with E-state index in [0.29, 0.717) is 5.69 Å². The van der Waals surface area contributed by atoms with Crippen LogP contribution in [0, 0.1) is 0 Å². The molecule has 0 unspecified atom stereocenters. The van der Waals surface area contributed by atoms with Gasteiger partial charge in [-0.25, -0.2) is 0 Å². The molecule has 6 heteroatoms. The van der Waals surface area contributed by atoms with Crippen LogP contribution in [0.2, 0.25) is 0 Å². The Bertz CT molecular complexity index is 563. The van der Waals surface area contributed by atoms with Crippen LogP contribution >= 0.6 is 0 Å². The highest BCUT2D eigenvalue weighted by molar-refractivity contribution is 6.06. The second-order valence-corrected chi connectivity index (χ2v) is 3.74. The predicted octanol–water partition coefficient (Wildman–Crippen LogP) is 0.976. The van der Waals surface area contributed by atoms with Crippen molar-refractivity contribution in [2.75, 3.05) is 5.01 Å². The number of rotatable bonds is 2. The third kappa shape index (κ3) is 2.27. The van der Waals surface area contributed by atoms with Crippen molar-refractivity contribution in [2.24, 2.45) is 0 Å². The topological polar surface area (TPSA) is 68.1 Å². The van der Waals surface area contributed by atoms with Crippen molar-refractivity contribution < 1.29 is 9.59 Å². The Labute approximate surface area is 104 Å². The summed E-state index contributed by atoms with van der Waals surface area (Å²) in [5, 5.41) is 8.64. The summed E-state index contributed by atoms with van der Waals surface area (Å²) in [7, 11) is 0. The fourth-order valence-corrected chi connectivity index (χ4v) is 1.60. The van der Waals surface area contributed by atoms with Gasteiger partial charge in [-0.2, -0.15) is 5.01 Å². The molecule has 0 aliphatic carbocycles. The fraction of sp³-hybridized carbons (Fsp3) is 0.167. The fourth-order valence-electron chi connectivity index (χ4n) is 1.60. The number of aromatic nitrogens is 3. The van der Waals surface area contributed by atoms with Gasteiger partial charge in [0.05, 0.1) is 6.20 Å². The zero-order chi connectivity index (χ0) is 13.1. The lowest BCUT2D eigenvalue weighted by atomic mass is 10.2. The Morgan fingerprint density at radius 2 is 1.72 bits per heavy atom. The van der Waals surface area contributed by atoms with E-state index in [2.05, 4.69) is 10.3 Å². The Morgan fingerprint density at radius 3 is 2.28 bits per heavy atom. The van der Waals surface area contributed by atoms with E-state index >= 15 is 0 Å². The normalized spacial score (nSPS) is 10.1. The highest BCUT2D eigenvalue weighted by Gasteiger charge is 2.18. The lowest BCUT2D eigenvalue weighted by Gasteiger charge is -2.14. The monoisotopic (exact) mass is 244 g/mol. The number of hydrogen-bond acceptors (Lipinski definition) is 4. The molecular weight excluding hydrogens is 232 g/mol. The van der Waals surface area contributed by atoms with E-state index in [1.54, 1.807) is 0 Å². The Kier molecular flexibility index (Phi) is 3.18. The first-order valence-corrected chi connectivity index (χ1v) is 5.39. The predicted molar refractivity (Wildman–Crippen MR) is 65.0 cm³/mol. The number of imide groups is 1. The van der Waals surface area contributed by atoms with Crippen LogP contribution in [-0.4, -0.2) is 26.9 Å². The van der Waals surface area contributed by atoms with Crippen LogP contribution in [0.3, 0.4) is 0 Å². The van der Waals surface area contributed by atoms with Crippen molar-refractivity contribution in [2.45, 2.75) is 13.8 Å². The van der Waals surface area contributed by atoms with Gasteiger partial charge in [0.25, 0.3) is 0 Å². The zero-order valence-electron chi connectivity index (χ0n) is 10.1. The quantitative estimate of drug-likeness (QED) is 0.789. The molecule has 18 heavy (non-hydrogen) atoms. The third-order valence-corrected chi connectivity index (χ3v) is 2.35. The number of carbonyl (C=O) groups excluding carboxylic acids is 2. The maximum atomic E-state index is 11.3. The van der Waals surface area contributed by atoms with E-state index in [9.17, 15) is 9.59 Å². The molecule has 0 saturated heterocycles. The Hall–Kier alpha value is -2.50. The van der Waals surface area contributed by atoms with Gasteiger partial charge in [-0.05, 0) is 5.21 Å². The molecule has 2 aromatic rings. The van der Waals surface area contributed by atoms with Crippen molar-refractivity contribution in [3.8, 4) is 11.3 Å². The van der Waals surface area contributed by atoms with Crippen LogP contribution in [0.1, 0.15) is 13.8 Å². The minimum Gasteiger partial charge on any atom is -0.273 e. The summed E-state index contributed by atoms with van der Waals surface area (Å²) in [6.07, 6.45) is 1.54. The molecule has 0 aliphatic heterocycles. The van der Waals surface area contributed by atoms with Crippen LogP contribution in [-0.2, 0) is 9.59 Å². The lowest BCUT2D eigenvalue weighted by molar-refractivity contribution is -0.126. The molecule has 1 heterocycles. The smallest absolute Gasteiger partial charge is 0.246 e. The second-order valence-electron chi connectivity index (χ2n) is 3.74. The first-order chi connectivity index (χ1) is 8.59. The highest BCUT2D eigenvalue weighted by atomic mass is 16.2. The van der Waals surface area contributed by atoms with Crippen molar-refractivity contribution in [1.82, 2.24) is 15.1 Å². The van der Waals surface area contributed by atoms with E-state index < -0.39 is 11.8 Å². The van der Waals surface area contributed by atoms with Crippen LogP contribution in [0.15, 0.2) is 36.5 Å². The average molecular weight is 244 g/mol. The summed E-state index contributed by atoms with van der Waals surface area (Å²) in [4.78, 5) is 23.8. The van der Waals surface area contributed by atoms with E-state index in [0.717, 1.165) is 15.4 Å². The summed E-state index contributed by atoms with van der Waals surface area (Å²) in [6.45, 7) is 2.59. The molecule has 2 rings (SSSR count). The molecule has 0 bridgehead atoms. The summed E-state index contributed by atoms with van der Waals surface area (Å²) >= 11 is 0. The van der Waals surface area contributed by atoms with E-state index in [1.165, 1.54) is 20.0 Å². The maximum absolute atomic E-state index is 11.3. The van der Waals surface area contributed by atoms with Gasteiger partial charge in [-0.1, -0.05) is 30.3 Å². The molecule has 0 saturated carbocycles. The Morgan fingerprint density at radius 1 is 1.11 bits per heavy atom. The van der Waals surface area contributed by atoms with Crippen LogP contribution < -0.4 is 5.01 Å². The first kappa shape index (κ1) is 12.0. The standard InChI is InChI=1S/C12H12N4O2/c1-9(17)16(10(2)18)15-8-12(13-14-15)11-6-4-3-5-7-11/h3-8H,1-2H3.